The van der Waals surface area contributed by atoms with Crippen molar-refractivity contribution in [2.45, 2.75) is 20.8 Å². The molecule has 3 amide bonds. The average molecular weight is 349 g/mol. The quantitative estimate of drug-likeness (QED) is 0.791. The number of nitrogens with one attached hydrogen (secondary N) is 2. The Labute approximate surface area is 141 Å². The monoisotopic (exact) mass is 349 g/mol. The van der Waals surface area contributed by atoms with Crippen LogP contribution in [-0.2, 0) is 4.79 Å². The summed E-state index contributed by atoms with van der Waals surface area (Å²) in [4.78, 5) is 35.9. The van der Waals surface area contributed by atoms with E-state index in [0.29, 0.717) is 10.6 Å². The molecule has 2 rings (SSSR count). The van der Waals surface area contributed by atoms with Crippen molar-refractivity contribution in [1.29, 1.82) is 0 Å². The summed E-state index contributed by atoms with van der Waals surface area (Å²) in [6.07, 6.45) is 0. The predicted molar refractivity (Wildman–Crippen MR) is 91.0 cm³/mol. The number of hydrogen-bond acceptors (Lipinski definition) is 4. The van der Waals surface area contributed by atoms with E-state index in [2.05, 4.69) is 10.6 Å². The molecule has 0 spiro atoms. The van der Waals surface area contributed by atoms with Gasteiger partial charge in [-0.1, -0.05) is 0 Å². The van der Waals surface area contributed by atoms with E-state index in [1.807, 2.05) is 6.92 Å². The van der Waals surface area contributed by atoms with Crippen LogP contribution in [0.15, 0.2) is 18.2 Å². The molecule has 1 heterocycles. The van der Waals surface area contributed by atoms with Crippen molar-refractivity contribution in [2.75, 3.05) is 10.6 Å². The highest BCUT2D eigenvalue weighted by Crippen LogP contribution is 2.32. The number of benzene rings is 1. The van der Waals surface area contributed by atoms with E-state index < -0.39 is 23.5 Å². The Balaban J connectivity index is 2.33. The number of rotatable bonds is 4. The number of amides is 3. The zero-order chi connectivity index (χ0) is 18.0. The molecule has 0 atom stereocenters. The maximum atomic E-state index is 13.6. The topological polar surface area (TPSA) is 101 Å². The first kappa shape index (κ1) is 17.6. The summed E-state index contributed by atoms with van der Waals surface area (Å²) in [5.74, 6) is -2.27. The van der Waals surface area contributed by atoms with E-state index in [1.54, 1.807) is 6.92 Å². The van der Waals surface area contributed by atoms with E-state index in [4.69, 9.17) is 5.73 Å². The molecule has 0 aliphatic carbocycles. The summed E-state index contributed by atoms with van der Waals surface area (Å²) in [7, 11) is 0. The summed E-state index contributed by atoms with van der Waals surface area (Å²) < 4.78 is 13.6. The van der Waals surface area contributed by atoms with Crippen molar-refractivity contribution in [1.82, 2.24) is 0 Å². The van der Waals surface area contributed by atoms with Crippen LogP contribution in [0.25, 0.3) is 0 Å². The Kier molecular flexibility index (Phi) is 4.99. The second-order valence-corrected chi connectivity index (χ2v) is 6.41. The molecule has 8 heteroatoms. The third-order valence-corrected chi connectivity index (χ3v) is 4.52. The van der Waals surface area contributed by atoms with Crippen LogP contribution in [-0.4, -0.2) is 17.7 Å². The maximum absolute atomic E-state index is 13.6. The first-order valence-electron chi connectivity index (χ1n) is 6.99. The van der Waals surface area contributed by atoms with Gasteiger partial charge in [-0.3, -0.25) is 14.4 Å². The van der Waals surface area contributed by atoms with Gasteiger partial charge in [-0.2, -0.15) is 0 Å². The van der Waals surface area contributed by atoms with E-state index >= 15 is 0 Å². The lowest BCUT2D eigenvalue weighted by atomic mass is 10.1. The molecule has 24 heavy (non-hydrogen) atoms. The first-order valence-corrected chi connectivity index (χ1v) is 7.80. The number of carbonyl (C=O) groups is 3. The van der Waals surface area contributed by atoms with Crippen LogP contribution in [0.2, 0.25) is 0 Å². The largest absolute Gasteiger partial charge is 0.365 e. The van der Waals surface area contributed by atoms with Crippen molar-refractivity contribution in [3.8, 4) is 0 Å². The molecule has 0 saturated heterocycles. The highest BCUT2D eigenvalue weighted by atomic mass is 32.1. The zero-order valence-electron chi connectivity index (χ0n) is 13.3. The summed E-state index contributed by atoms with van der Waals surface area (Å²) in [6, 6.07) is 3.59. The molecular weight excluding hydrogens is 333 g/mol. The number of carbonyl (C=O) groups excluding carboxylic acids is 3. The van der Waals surface area contributed by atoms with Gasteiger partial charge >= 0.3 is 0 Å². The van der Waals surface area contributed by atoms with Crippen LogP contribution < -0.4 is 16.4 Å². The van der Waals surface area contributed by atoms with Crippen LogP contribution >= 0.6 is 11.3 Å². The van der Waals surface area contributed by atoms with Gasteiger partial charge in [0.1, 0.15) is 10.8 Å². The number of halogens is 1. The molecule has 126 valence electrons. The van der Waals surface area contributed by atoms with E-state index in [1.165, 1.54) is 30.4 Å². The maximum Gasteiger partial charge on any atom is 0.256 e. The van der Waals surface area contributed by atoms with Crippen LogP contribution in [0.4, 0.5) is 15.1 Å². The minimum absolute atomic E-state index is 0.0937. The van der Waals surface area contributed by atoms with Gasteiger partial charge in [0.15, 0.2) is 0 Å². The fourth-order valence-electron chi connectivity index (χ4n) is 2.14. The molecule has 6 nitrogen and oxygen atoms in total. The zero-order valence-corrected chi connectivity index (χ0v) is 14.1. The highest BCUT2D eigenvalue weighted by Gasteiger charge is 2.20. The van der Waals surface area contributed by atoms with Crippen LogP contribution in [0, 0.1) is 19.7 Å². The Morgan fingerprint density at radius 1 is 1.17 bits per heavy atom. The number of hydrogen-bond donors (Lipinski definition) is 3. The number of nitrogens with two attached hydrogens (primary N) is 1. The Morgan fingerprint density at radius 3 is 2.42 bits per heavy atom. The summed E-state index contributed by atoms with van der Waals surface area (Å²) in [6.45, 7) is 4.80. The fourth-order valence-corrected chi connectivity index (χ4v) is 3.20. The lowest BCUT2D eigenvalue weighted by Gasteiger charge is -2.08. The summed E-state index contributed by atoms with van der Waals surface area (Å²) >= 11 is 1.23. The second kappa shape index (κ2) is 6.79. The van der Waals surface area contributed by atoms with Gasteiger partial charge in [0.25, 0.3) is 11.8 Å². The van der Waals surface area contributed by atoms with Crippen molar-refractivity contribution in [3.05, 3.63) is 45.6 Å². The van der Waals surface area contributed by atoms with Gasteiger partial charge in [-0.25, -0.2) is 4.39 Å². The van der Waals surface area contributed by atoms with Crippen molar-refractivity contribution < 1.29 is 18.8 Å². The van der Waals surface area contributed by atoms with Gasteiger partial charge in [0.2, 0.25) is 5.91 Å². The minimum atomic E-state index is -0.651. The normalized spacial score (nSPS) is 10.3. The number of primary amides is 1. The average Bonchev–Trinajstić information content (AvgIpc) is 2.75. The second-order valence-electron chi connectivity index (χ2n) is 5.18. The number of aryl methyl sites for hydroxylation is 1. The third-order valence-electron chi connectivity index (χ3n) is 3.40. The fraction of sp³-hybridized carbons (Fsp3) is 0.188. The molecule has 2 aromatic rings. The molecule has 4 N–H and O–H groups in total. The van der Waals surface area contributed by atoms with Crippen molar-refractivity contribution >= 4 is 39.7 Å². The van der Waals surface area contributed by atoms with Crippen molar-refractivity contribution in [2.24, 2.45) is 5.73 Å². The SMILES string of the molecule is CC(=O)Nc1cc(C(=O)Nc2sc(C)c(C)c2C(N)=O)ccc1F. The van der Waals surface area contributed by atoms with Gasteiger partial charge in [-0.05, 0) is 37.6 Å². The van der Waals surface area contributed by atoms with Gasteiger partial charge in [-0.15, -0.1) is 11.3 Å². The van der Waals surface area contributed by atoms with Crippen LogP contribution in [0.3, 0.4) is 0 Å². The molecule has 1 aromatic heterocycles. The molecule has 1 aromatic carbocycles. The molecule has 0 bridgehead atoms. The van der Waals surface area contributed by atoms with Gasteiger partial charge in [0, 0.05) is 17.4 Å². The van der Waals surface area contributed by atoms with E-state index in [9.17, 15) is 18.8 Å². The molecule has 0 unspecified atom stereocenters. The third kappa shape index (κ3) is 3.60. The lowest BCUT2D eigenvalue weighted by Crippen LogP contribution is -2.18. The molecular formula is C16H16FN3O3S. The summed E-state index contributed by atoms with van der Waals surface area (Å²) in [5, 5.41) is 5.26. The van der Waals surface area contributed by atoms with Crippen molar-refractivity contribution in [3.63, 3.8) is 0 Å². The van der Waals surface area contributed by atoms with Crippen LogP contribution in [0.1, 0.15) is 38.1 Å². The predicted octanol–water partition coefficient (Wildman–Crippen LogP) is 2.81. The Bertz CT molecular complexity index is 845. The summed E-state index contributed by atoms with van der Waals surface area (Å²) in [5.41, 5.74) is 6.37. The Hall–Kier alpha value is -2.74. The standard InChI is InChI=1S/C16H16FN3O3S/c1-7-8(2)24-16(13(7)14(18)22)20-15(23)10-4-5-11(17)12(6-10)19-9(3)21/h4-6H,1-3H3,(H2,18,22)(H,19,21)(H,20,23). The van der Waals surface area contributed by atoms with Gasteiger partial charge in [0.05, 0.1) is 11.3 Å². The van der Waals surface area contributed by atoms with E-state index in [-0.39, 0.29) is 16.8 Å². The minimum Gasteiger partial charge on any atom is -0.365 e. The first-order chi connectivity index (χ1) is 11.2. The Morgan fingerprint density at radius 2 is 1.83 bits per heavy atom. The lowest BCUT2D eigenvalue weighted by molar-refractivity contribution is -0.114. The van der Waals surface area contributed by atoms with Crippen LogP contribution in [0.5, 0.6) is 0 Å². The smallest absolute Gasteiger partial charge is 0.256 e. The van der Waals surface area contributed by atoms with Gasteiger partial charge < -0.3 is 16.4 Å². The number of anilines is 2. The molecule has 0 saturated carbocycles. The molecule has 0 fully saturated rings. The molecule has 0 aliphatic heterocycles. The van der Waals surface area contributed by atoms with E-state index in [0.717, 1.165) is 10.9 Å². The molecule has 0 aliphatic rings. The molecule has 0 radical (unpaired) electrons. The number of thiophene rings is 1. The highest BCUT2D eigenvalue weighted by molar-refractivity contribution is 7.16.